The molecule has 6 aromatic heterocycles. The van der Waals surface area contributed by atoms with Crippen LogP contribution in [0.1, 0.15) is 95.7 Å². The molecule has 0 spiro atoms. The zero-order valence-electron chi connectivity index (χ0n) is 79.6. The first-order valence-electron chi connectivity index (χ1n) is 46.5. The normalized spacial score (nSPS) is 17.7. The van der Waals surface area contributed by atoms with E-state index in [0.29, 0.717) is 51.3 Å². The second-order valence-electron chi connectivity index (χ2n) is 35.4. The molecule has 0 radical (unpaired) electrons. The molecule has 143 heavy (non-hydrogen) atoms. The fourth-order valence-corrected chi connectivity index (χ4v) is 17.2. The zero-order valence-corrected chi connectivity index (χ0v) is 79.6. The Labute approximate surface area is 823 Å². The monoisotopic (exact) mass is 1910 g/mol. The van der Waals surface area contributed by atoms with Crippen molar-refractivity contribution in [3.05, 3.63) is 400 Å². The highest BCUT2D eigenvalue weighted by molar-refractivity contribution is 6.39. The van der Waals surface area contributed by atoms with Crippen LogP contribution >= 0.6 is 0 Å². The van der Waals surface area contributed by atoms with E-state index >= 15 is 0 Å². The average Bonchev–Trinajstić information content (AvgIpc) is 1.59. The van der Waals surface area contributed by atoms with Gasteiger partial charge in [-0.3, -0.25) is 9.59 Å². The van der Waals surface area contributed by atoms with E-state index in [4.69, 9.17) is 30.0 Å². The van der Waals surface area contributed by atoms with Crippen LogP contribution < -0.4 is 39.6 Å². The summed E-state index contributed by atoms with van der Waals surface area (Å²) < 4.78 is 7.91. The summed E-state index contributed by atoms with van der Waals surface area (Å²) in [6.45, 7) is 0.955. The number of amides is 2. The van der Waals surface area contributed by atoms with Crippen LogP contribution in [0.2, 0.25) is 0 Å². The maximum absolute atomic E-state index is 14.0. The SMILES string of the molecule is C[C@H]([NH3+])C(O)=N[C@@H](CCC(=O)Nc1ccc(C2=C3C=CC(=N3)C(=C3C=CN(C)C=C3)c3ccc([nH]3)C(c3cc[n+](C)cc3)=C3C=CC(=N3)C(c3cc[n+](C)cc3)=C3C=CC2=N3)cc1)C(O)=NCC(O)=[NH+]CC(O)=NCC(O)=N[C@@H](CCC(=O)Nc1ccc(C2=C3C=CC(=N3)C(c3cc[n+](C)cc3)=C3C=CC(=N3)C(=C3C=CN(C)C=C3)C3=NC(=C(c4cc[n+](C)cc4)c4ccc2[nH]4)C=C3)cc1)C(O)=N[C@@H](C)C(=O)O. The van der Waals surface area contributed by atoms with Crippen LogP contribution in [0.3, 0.4) is 0 Å². The summed E-state index contributed by atoms with van der Waals surface area (Å²) in [4.78, 5) is 107. The number of fused-ring (bicyclic) bond motifs is 10. The number of aromatic amines is 2. The minimum absolute atomic E-state index is 0.166. The van der Waals surface area contributed by atoms with Crippen molar-refractivity contribution in [2.45, 2.75) is 63.7 Å². The minimum atomic E-state index is -1.47. The van der Waals surface area contributed by atoms with Gasteiger partial charge in [0.1, 0.15) is 52.9 Å². The van der Waals surface area contributed by atoms with Gasteiger partial charge < -0.3 is 71.9 Å². The quantitative estimate of drug-likeness (QED) is 0.0130. The first-order chi connectivity index (χ1) is 69.1. The van der Waals surface area contributed by atoms with Gasteiger partial charge in [-0.05, 0) is 217 Å². The Kier molecular flexibility index (Phi) is 27.6. The molecule has 0 saturated carbocycles. The highest BCUT2D eigenvalue weighted by Gasteiger charge is 2.33. The predicted molar refractivity (Wildman–Crippen MR) is 556 cm³/mol. The van der Waals surface area contributed by atoms with E-state index in [0.717, 1.165) is 140 Å². The molecule has 2 aromatic carbocycles. The predicted octanol–water partition coefficient (Wildman–Crippen LogP) is 11.0. The molecular formula is C110H105N23O10+6. The number of aliphatic carboxylic acids is 1. The number of H-pyrrole nitrogens is 2. The lowest BCUT2D eigenvalue weighted by Gasteiger charge is -2.16. The molecule has 0 unspecified atom stereocenters. The van der Waals surface area contributed by atoms with Crippen LogP contribution in [0.5, 0.6) is 0 Å². The molecule has 4 atom stereocenters. The van der Waals surface area contributed by atoms with Crippen LogP contribution in [0.25, 0.3) is 39.0 Å². The number of hydrogen-bond donors (Lipinski definition) is 13. The van der Waals surface area contributed by atoms with E-state index in [2.05, 4.69) is 117 Å². The molecule has 714 valence electrons. The minimum Gasteiger partial charge on any atom is -0.495 e. The van der Waals surface area contributed by atoms with E-state index in [1.165, 1.54) is 6.92 Å². The van der Waals surface area contributed by atoms with Crippen LogP contribution in [-0.4, -0.2) is 201 Å². The van der Waals surface area contributed by atoms with Gasteiger partial charge >= 0.3 is 11.9 Å². The third-order valence-corrected chi connectivity index (χ3v) is 24.7. The fraction of sp³-hybridized carbons (Fsp3) is 0.173. The number of hydrogen-bond acceptors (Lipinski definition) is 16. The average molecular weight is 1910 g/mol. The third-order valence-electron chi connectivity index (χ3n) is 24.7. The summed E-state index contributed by atoms with van der Waals surface area (Å²) in [7, 11) is 11.8. The van der Waals surface area contributed by atoms with Crippen molar-refractivity contribution < 1.29 is 79.1 Å². The number of carbonyl (C=O) groups excluding carboxylic acids is 2. The zero-order chi connectivity index (χ0) is 99.8. The van der Waals surface area contributed by atoms with E-state index < -0.39 is 97.0 Å². The number of allylic oxidation sites excluding steroid dienone is 23. The number of quaternary nitrogens is 1. The molecule has 33 nitrogen and oxygen atoms in total. The van der Waals surface area contributed by atoms with Crippen molar-refractivity contribution in [1.82, 2.24) is 19.8 Å². The highest BCUT2D eigenvalue weighted by atomic mass is 16.4. The topological polar surface area (TPSA) is 448 Å². The largest absolute Gasteiger partial charge is 0.495 e. The van der Waals surface area contributed by atoms with Crippen molar-refractivity contribution in [2.75, 3.05) is 44.4 Å². The van der Waals surface area contributed by atoms with Crippen molar-refractivity contribution in [3.8, 4) is 0 Å². The molecule has 0 saturated heterocycles. The molecule has 0 aliphatic carbocycles. The first-order valence-corrected chi connectivity index (χ1v) is 46.5. The molecule has 15 N–H and O–H groups in total. The number of carbonyl (C=O) groups is 3. The number of aryl methyl sites for hydroxylation is 4. The molecule has 0 fully saturated rings. The summed E-state index contributed by atoms with van der Waals surface area (Å²) >= 11 is 0. The standard InChI is InChI=1S/C110H99N23O10/c1-64(111)107(139)127-92(33-35-94(134)116-74-13-9-66(10-14-74)99-76-17-21-80(118-76)101(68-37-49-128(3)50-38-68)84-25-29-88(122-84)105(72-45-57-132(7)58-46-72)89-30-26-85(123-89)102(81-22-18-77(99)119-81)69-39-51-129(4)52-40-69)108(140)114-62-97(137)112-61-96(136)113-63-98(138)126-93(109(141)115-65(2)110(142)143)34-36-95(135)117-75-15-11-67(12-16-75)100-78-19-23-82(120-78)103(70-41-53-130(5)54-42-70)86-27-31-90(124-86)106(73-47-59-133(8)60-48-73)91-32-28-87(125-91)104(83-24-20-79(100)121-83)71-43-55-131(6)56-44-71/h9-32,37-60,64-65,92-93H,33-36,61-63,111H2,1-8H3,(H7-4,112,113,114,115,116,117,118,119,120,121,122,123,124,125,126,127,134,135,136,137,138,139,140,141,142,143)/p+6/t64-,65-,92-,93-/m0/s1. The van der Waals surface area contributed by atoms with E-state index in [1.54, 1.807) is 31.2 Å². The Morgan fingerprint density at radius 2 is 0.692 bits per heavy atom. The smallest absolute Gasteiger partial charge is 0.355 e. The number of rotatable bonds is 27. The van der Waals surface area contributed by atoms with Gasteiger partial charge in [0.25, 0.3) is 0 Å². The van der Waals surface area contributed by atoms with E-state index in [9.17, 15) is 50.1 Å². The summed E-state index contributed by atoms with van der Waals surface area (Å²) in [5, 5.41) is 82.2. The molecule has 10 aliphatic heterocycles. The van der Waals surface area contributed by atoms with Gasteiger partial charge in [0.2, 0.25) is 47.8 Å². The molecule has 16 heterocycles. The van der Waals surface area contributed by atoms with Crippen molar-refractivity contribution in [2.24, 2.45) is 83.1 Å². The van der Waals surface area contributed by atoms with Gasteiger partial charge in [0.15, 0.2) is 62.2 Å². The third kappa shape index (κ3) is 21.7. The number of carboxylic acids is 1. The molecule has 33 heteroatoms. The summed E-state index contributed by atoms with van der Waals surface area (Å²) in [5.74, 6) is -6.26. The number of aliphatic hydroxyl groups is 6. The van der Waals surface area contributed by atoms with Gasteiger partial charge in [0, 0.05) is 179 Å². The Morgan fingerprint density at radius 1 is 0.371 bits per heavy atom. The van der Waals surface area contributed by atoms with Crippen molar-refractivity contribution in [1.29, 1.82) is 0 Å². The molecular weight excluding hydrogens is 1800 g/mol. The number of anilines is 2. The molecule has 18 rings (SSSR count). The summed E-state index contributed by atoms with van der Waals surface area (Å²) in [6.07, 6.45) is 55.4. The number of aliphatic hydroxyl groups excluding tert-OH is 6. The van der Waals surface area contributed by atoms with Crippen LogP contribution in [0.4, 0.5) is 11.4 Å². The van der Waals surface area contributed by atoms with Crippen LogP contribution in [-0.2, 0) is 42.6 Å². The Morgan fingerprint density at radius 3 is 1.06 bits per heavy atom. The molecule has 2 amide bonds. The first kappa shape index (κ1) is 95.1. The van der Waals surface area contributed by atoms with Gasteiger partial charge in [-0.2, -0.15) is 0 Å². The lowest BCUT2D eigenvalue weighted by molar-refractivity contribution is -0.671. The fourth-order valence-electron chi connectivity index (χ4n) is 17.2. The number of benzene rings is 2. The number of aliphatic imine (C=N–C) groups is 11. The second-order valence-corrected chi connectivity index (χ2v) is 35.4. The Balaban J connectivity index is 0.540. The maximum atomic E-state index is 14.0. The van der Waals surface area contributed by atoms with E-state index in [1.807, 2.05) is 278 Å². The lowest BCUT2D eigenvalue weighted by Crippen LogP contribution is -2.76. The molecule has 16 bridgehead atoms. The molecule has 10 aliphatic rings. The van der Waals surface area contributed by atoms with E-state index in [-0.39, 0.29) is 25.7 Å². The van der Waals surface area contributed by atoms with Gasteiger partial charge in [0.05, 0.1) is 68.5 Å². The number of nitrogens with zero attached hydrogens (tertiary/aromatic N) is 17. The van der Waals surface area contributed by atoms with Gasteiger partial charge in [-0.15, -0.1) is 0 Å². The second kappa shape index (κ2) is 41.6. The highest BCUT2D eigenvalue weighted by Crippen LogP contribution is 2.43. The van der Waals surface area contributed by atoms with Gasteiger partial charge in [-0.25, -0.2) is 83.0 Å². The van der Waals surface area contributed by atoms with Crippen molar-refractivity contribution in [3.63, 3.8) is 0 Å². The van der Waals surface area contributed by atoms with Gasteiger partial charge in [-0.1, -0.05) is 24.3 Å². The van der Waals surface area contributed by atoms with Crippen molar-refractivity contribution >= 4 is 138 Å². The number of aromatic nitrogens is 6. The van der Waals surface area contributed by atoms with Crippen LogP contribution in [0, 0.1) is 0 Å². The van der Waals surface area contributed by atoms with Crippen LogP contribution in [0.15, 0.2) is 399 Å². The number of carboxylic acid groups (broad SMARTS) is 1. The number of nitrogens with one attached hydrogen (secondary N) is 5. The number of pyridine rings is 4. The maximum Gasteiger partial charge on any atom is 0.355 e. The summed E-state index contributed by atoms with van der Waals surface area (Å²) in [6, 6.07) is 34.2. The Bertz CT molecular complexity index is 7580. The molecule has 8 aromatic rings. The lowest BCUT2D eigenvalue weighted by atomic mass is 9.97. The Hall–Kier alpha value is -18.3. The summed E-state index contributed by atoms with van der Waals surface area (Å²) in [5.41, 5.74) is 30.0.